The molecule has 0 heterocycles. The van der Waals surface area contributed by atoms with Crippen molar-refractivity contribution >= 4 is 21.4 Å². The van der Waals surface area contributed by atoms with Gasteiger partial charge in [0.05, 0.1) is 16.3 Å². The maximum absolute atomic E-state index is 11.1. The van der Waals surface area contributed by atoms with Crippen LogP contribution in [0.15, 0.2) is 35.7 Å². The number of nitrogen functional groups attached to an aromatic ring is 1. The van der Waals surface area contributed by atoms with E-state index >= 15 is 0 Å². The van der Waals surface area contributed by atoms with Gasteiger partial charge in [-0.1, -0.05) is 6.08 Å². The van der Waals surface area contributed by atoms with Gasteiger partial charge in [0.15, 0.2) is 0 Å². The second-order valence-corrected chi connectivity index (χ2v) is 4.53. The first-order valence-electron chi connectivity index (χ1n) is 4.22. The van der Waals surface area contributed by atoms with Crippen LogP contribution in [0.2, 0.25) is 0 Å². The summed E-state index contributed by atoms with van der Waals surface area (Å²) in [5.41, 5.74) is 6.63. The largest absolute Gasteiger partial charge is 0.397 e. The van der Waals surface area contributed by atoms with E-state index in [0.717, 1.165) is 0 Å². The van der Waals surface area contributed by atoms with Crippen LogP contribution in [0.5, 0.6) is 0 Å². The van der Waals surface area contributed by atoms with Crippen LogP contribution >= 0.6 is 0 Å². The number of primary sulfonamides is 1. The predicted octanol–water partition coefficient (Wildman–Crippen LogP) is 0.514. The van der Waals surface area contributed by atoms with E-state index in [1.807, 2.05) is 0 Å². The van der Waals surface area contributed by atoms with Crippen molar-refractivity contribution in [2.24, 2.45) is 5.14 Å². The van der Waals surface area contributed by atoms with Crippen molar-refractivity contribution in [3.63, 3.8) is 0 Å². The van der Waals surface area contributed by atoms with Crippen molar-refractivity contribution in [2.45, 2.75) is 4.90 Å². The van der Waals surface area contributed by atoms with Crippen molar-refractivity contribution in [1.29, 1.82) is 0 Å². The molecule has 0 amide bonds. The molecule has 1 rings (SSSR count). The van der Waals surface area contributed by atoms with Crippen molar-refractivity contribution in [2.75, 3.05) is 17.6 Å². The summed E-state index contributed by atoms with van der Waals surface area (Å²) in [6.07, 6.45) is 1.64. The Labute approximate surface area is 88.8 Å². The molecule has 0 bridgehead atoms. The molecule has 0 saturated heterocycles. The number of benzene rings is 1. The van der Waals surface area contributed by atoms with Gasteiger partial charge in [0, 0.05) is 6.54 Å². The molecular formula is C9H13N3O2S. The van der Waals surface area contributed by atoms with Gasteiger partial charge in [-0.25, -0.2) is 13.6 Å². The van der Waals surface area contributed by atoms with Crippen LogP contribution in [0, 0.1) is 0 Å². The highest BCUT2D eigenvalue weighted by molar-refractivity contribution is 7.89. The lowest BCUT2D eigenvalue weighted by atomic mass is 10.2. The highest BCUT2D eigenvalue weighted by Gasteiger charge is 2.09. The van der Waals surface area contributed by atoms with Gasteiger partial charge in [-0.15, -0.1) is 6.58 Å². The van der Waals surface area contributed by atoms with Gasteiger partial charge in [-0.05, 0) is 18.2 Å². The molecule has 5 nitrogen and oxygen atoms in total. The maximum atomic E-state index is 11.1. The molecule has 6 heteroatoms. The summed E-state index contributed by atoms with van der Waals surface area (Å²) < 4.78 is 22.1. The Balaban J connectivity index is 3.11. The second kappa shape index (κ2) is 4.33. The number of anilines is 2. The lowest BCUT2D eigenvalue weighted by Gasteiger charge is -2.08. The Bertz CT molecular complexity index is 468. The van der Waals surface area contributed by atoms with Crippen LogP contribution in [-0.4, -0.2) is 15.0 Å². The minimum atomic E-state index is -3.69. The summed E-state index contributed by atoms with van der Waals surface area (Å²) in [6.45, 7) is 4.03. The fourth-order valence-corrected chi connectivity index (χ4v) is 1.59. The first-order chi connectivity index (χ1) is 6.95. The predicted molar refractivity (Wildman–Crippen MR) is 60.9 cm³/mol. The molecule has 0 atom stereocenters. The number of nitrogens with one attached hydrogen (secondary N) is 1. The average molecular weight is 227 g/mol. The lowest BCUT2D eigenvalue weighted by Crippen LogP contribution is -2.13. The third-order valence-electron chi connectivity index (χ3n) is 1.79. The summed E-state index contributed by atoms with van der Waals surface area (Å²) in [4.78, 5) is 0.0308. The Morgan fingerprint density at radius 2 is 2.13 bits per heavy atom. The first-order valence-corrected chi connectivity index (χ1v) is 5.77. The topological polar surface area (TPSA) is 98.2 Å². The minimum absolute atomic E-state index is 0.0308. The Hall–Kier alpha value is -1.53. The van der Waals surface area contributed by atoms with Crippen LogP contribution < -0.4 is 16.2 Å². The fraction of sp³-hybridized carbons (Fsp3) is 0.111. The fourth-order valence-electron chi connectivity index (χ4n) is 1.05. The number of hydrogen-bond donors (Lipinski definition) is 3. The smallest absolute Gasteiger partial charge is 0.238 e. The Morgan fingerprint density at radius 1 is 1.47 bits per heavy atom. The molecule has 1 aromatic rings. The molecule has 15 heavy (non-hydrogen) atoms. The summed E-state index contributed by atoms with van der Waals surface area (Å²) in [7, 11) is -3.69. The maximum Gasteiger partial charge on any atom is 0.238 e. The molecule has 0 aliphatic carbocycles. The second-order valence-electron chi connectivity index (χ2n) is 2.96. The quantitative estimate of drug-likeness (QED) is 0.515. The summed E-state index contributed by atoms with van der Waals surface area (Å²) in [6, 6.07) is 4.25. The number of nitrogens with two attached hydrogens (primary N) is 2. The summed E-state index contributed by atoms with van der Waals surface area (Å²) >= 11 is 0. The standard InChI is InChI=1S/C9H13N3O2S/c1-2-5-12-9-6-7(15(11,13)14)3-4-8(9)10/h2-4,6,12H,1,5,10H2,(H2,11,13,14). The Kier molecular flexibility index (Phi) is 3.33. The molecule has 0 saturated carbocycles. The van der Waals surface area contributed by atoms with E-state index in [0.29, 0.717) is 17.9 Å². The van der Waals surface area contributed by atoms with Crippen molar-refractivity contribution in [1.82, 2.24) is 0 Å². The molecule has 0 fully saturated rings. The molecule has 0 aliphatic heterocycles. The van der Waals surface area contributed by atoms with E-state index in [1.54, 1.807) is 6.08 Å². The molecule has 0 aromatic heterocycles. The van der Waals surface area contributed by atoms with Gasteiger partial charge in [0.2, 0.25) is 10.0 Å². The van der Waals surface area contributed by atoms with Crippen molar-refractivity contribution in [3.8, 4) is 0 Å². The zero-order chi connectivity index (χ0) is 11.5. The van der Waals surface area contributed by atoms with Gasteiger partial charge >= 0.3 is 0 Å². The average Bonchev–Trinajstić information content (AvgIpc) is 2.15. The summed E-state index contributed by atoms with van der Waals surface area (Å²) in [5.74, 6) is 0. The van der Waals surface area contributed by atoms with E-state index < -0.39 is 10.0 Å². The van der Waals surface area contributed by atoms with Crippen molar-refractivity contribution in [3.05, 3.63) is 30.9 Å². The minimum Gasteiger partial charge on any atom is -0.397 e. The molecule has 1 aromatic carbocycles. The van der Waals surface area contributed by atoms with Crippen LogP contribution in [0.25, 0.3) is 0 Å². The van der Waals surface area contributed by atoms with E-state index in [2.05, 4.69) is 11.9 Å². The highest BCUT2D eigenvalue weighted by Crippen LogP contribution is 2.21. The van der Waals surface area contributed by atoms with Gasteiger partial charge in [0.25, 0.3) is 0 Å². The van der Waals surface area contributed by atoms with Crippen LogP contribution in [-0.2, 0) is 10.0 Å². The monoisotopic (exact) mass is 227 g/mol. The number of hydrogen-bond acceptors (Lipinski definition) is 4. The molecule has 0 radical (unpaired) electrons. The van der Waals surface area contributed by atoms with Crippen LogP contribution in [0.4, 0.5) is 11.4 Å². The molecule has 0 spiro atoms. The van der Waals surface area contributed by atoms with E-state index in [1.165, 1.54) is 18.2 Å². The summed E-state index contributed by atoms with van der Waals surface area (Å²) in [5, 5.41) is 7.90. The van der Waals surface area contributed by atoms with E-state index in [4.69, 9.17) is 10.9 Å². The van der Waals surface area contributed by atoms with Crippen LogP contribution in [0.1, 0.15) is 0 Å². The van der Waals surface area contributed by atoms with Gasteiger partial charge in [0.1, 0.15) is 0 Å². The Morgan fingerprint density at radius 3 is 2.67 bits per heavy atom. The third kappa shape index (κ3) is 2.97. The van der Waals surface area contributed by atoms with Crippen molar-refractivity contribution < 1.29 is 8.42 Å². The van der Waals surface area contributed by atoms with E-state index in [9.17, 15) is 8.42 Å². The van der Waals surface area contributed by atoms with Gasteiger partial charge in [-0.3, -0.25) is 0 Å². The SMILES string of the molecule is C=CCNc1cc(S(N)(=O)=O)ccc1N. The van der Waals surface area contributed by atoms with Crippen LogP contribution in [0.3, 0.4) is 0 Å². The number of sulfonamides is 1. The van der Waals surface area contributed by atoms with Gasteiger partial charge < -0.3 is 11.1 Å². The lowest BCUT2D eigenvalue weighted by molar-refractivity contribution is 0.598. The molecule has 0 aliphatic rings. The van der Waals surface area contributed by atoms with E-state index in [-0.39, 0.29) is 4.90 Å². The van der Waals surface area contributed by atoms with Gasteiger partial charge in [-0.2, -0.15) is 0 Å². The molecule has 5 N–H and O–H groups in total. The zero-order valence-electron chi connectivity index (χ0n) is 8.10. The molecular weight excluding hydrogens is 214 g/mol. The first kappa shape index (κ1) is 11.5. The zero-order valence-corrected chi connectivity index (χ0v) is 8.92. The third-order valence-corrected chi connectivity index (χ3v) is 2.70. The highest BCUT2D eigenvalue weighted by atomic mass is 32.2. The molecule has 0 unspecified atom stereocenters. The molecule has 82 valence electrons. The normalized spacial score (nSPS) is 11.0. The number of rotatable bonds is 4.